The van der Waals surface area contributed by atoms with Crippen molar-refractivity contribution in [3.8, 4) is 12.3 Å². The summed E-state index contributed by atoms with van der Waals surface area (Å²) < 4.78 is 10.2. The van der Waals surface area contributed by atoms with Crippen LogP contribution in [0.4, 0.5) is 4.79 Å². The van der Waals surface area contributed by atoms with Crippen molar-refractivity contribution in [2.24, 2.45) is 0 Å². The molecule has 1 aromatic rings. The van der Waals surface area contributed by atoms with Gasteiger partial charge in [-0.05, 0) is 5.56 Å². The van der Waals surface area contributed by atoms with Gasteiger partial charge in [0.2, 0.25) is 0 Å². The molecule has 0 heterocycles. The van der Waals surface area contributed by atoms with E-state index in [9.17, 15) is 4.79 Å². The topological polar surface area (TPSA) is 47.6 Å². The molecule has 18 heavy (non-hydrogen) atoms. The second kappa shape index (κ2) is 9.08. The van der Waals surface area contributed by atoms with Gasteiger partial charge >= 0.3 is 6.09 Å². The Labute approximate surface area is 107 Å². The Bertz CT molecular complexity index is 384. The van der Waals surface area contributed by atoms with Crippen molar-refractivity contribution in [1.29, 1.82) is 0 Å². The minimum Gasteiger partial charge on any atom is -0.445 e. The molecule has 4 nitrogen and oxygen atoms in total. The average molecular weight is 247 g/mol. The maximum atomic E-state index is 11.3. The van der Waals surface area contributed by atoms with Gasteiger partial charge in [-0.2, -0.15) is 0 Å². The van der Waals surface area contributed by atoms with Gasteiger partial charge in [-0.15, -0.1) is 12.3 Å². The summed E-state index contributed by atoms with van der Waals surface area (Å²) in [6.45, 7) is 1.63. The standard InChI is InChI=1S/C14H17NO3/c1-2-3-10-17-11-9-15-14(16)18-12-13-7-5-4-6-8-13/h1,4-8H,3,9-12H2,(H,15,16). The summed E-state index contributed by atoms with van der Waals surface area (Å²) in [5, 5.41) is 2.59. The van der Waals surface area contributed by atoms with Crippen LogP contribution in [0.15, 0.2) is 30.3 Å². The van der Waals surface area contributed by atoms with Gasteiger partial charge in [-0.1, -0.05) is 30.3 Å². The molecule has 96 valence electrons. The van der Waals surface area contributed by atoms with Crippen molar-refractivity contribution >= 4 is 6.09 Å². The number of ether oxygens (including phenoxy) is 2. The van der Waals surface area contributed by atoms with Crippen molar-refractivity contribution in [2.75, 3.05) is 19.8 Å². The van der Waals surface area contributed by atoms with E-state index in [0.29, 0.717) is 26.2 Å². The summed E-state index contributed by atoms with van der Waals surface area (Å²) in [4.78, 5) is 11.3. The monoisotopic (exact) mass is 247 g/mol. The Morgan fingerprint density at radius 1 is 1.28 bits per heavy atom. The van der Waals surface area contributed by atoms with Gasteiger partial charge in [0.15, 0.2) is 0 Å². The molecule has 0 aliphatic carbocycles. The maximum Gasteiger partial charge on any atom is 0.407 e. The van der Waals surface area contributed by atoms with Gasteiger partial charge in [0.1, 0.15) is 6.61 Å². The third-order valence-corrected chi connectivity index (χ3v) is 2.12. The van der Waals surface area contributed by atoms with Gasteiger partial charge in [0.25, 0.3) is 0 Å². The van der Waals surface area contributed by atoms with Crippen LogP contribution in [0.3, 0.4) is 0 Å². The van der Waals surface area contributed by atoms with E-state index in [-0.39, 0.29) is 6.61 Å². The van der Waals surface area contributed by atoms with Crippen LogP contribution < -0.4 is 5.32 Å². The molecule has 0 aliphatic heterocycles. The number of benzene rings is 1. The highest BCUT2D eigenvalue weighted by Gasteiger charge is 2.01. The zero-order chi connectivity index (χ0) is 13.1. The maximum absolute atomic E-state index is 11.3. The van der Waals surface area contributed by atoms with Gasteiger partial charge in [-0.3, -0.25) is 0 Å². The van der Waals surface area contributed by atoms with Crippen LogP contribution in [0.2, 0.25) is 0 Å². The highest BCUT2D eigenvalue weighted by atomic mass is 16.5. The Morgan fingerprint density at radius 2 is 2.06 bits per heavy atom. The smallest absolute Gasteiger partial charge is 0.407 e. The zero-order valence-corrected chi connectivity index (χ0v) is 10.2. The van der Waals surface area contributed by atoms with Crippen LogP contribution in [0.1, 0.15) is 12.0 Å². The first kappa shape index (κ1) is 14.1. The SMILES string of the molecule is C#CCCOCCNC(=O)OCc1ccccc1. The molecule has 0 spiro atoms. The number of hydrogen-bond donors (Lipinski definition) is 1. The van der Waals surface area contributed by atoms with Gasteiger partial charge in [-0.25, -0.2) is 4.79 Å². The number of carbonyl (C=O) groups excluding carboxylic acids is 1. The van der Waals surface area contributed by atoms with Crippen molar-refractivity contribution in [3.05, 3.63) is 35.9 Å². The van der Waals surface area contributed by atoms with E-state index in [4.69, 9.17) is 15.9 Å². The van der Waals surface area contributed by atoms with E-state index in [1.54, 1.807) is 0 Å². The lowest BCUT2D eigenvalue weighted by atomic mass is 10.2. The lowest BCUT2D eigenvalue weighted by Crippen LogP contribution is -2.27. The third-order valence-electron chi connectivity index (χ3n) is 2.12. The number of amides is 1. The minimum atomic E-state index is -0.445. The van der Waals surface area contributed by atoms with Crippen LogP contribution in [-0.4, -0.2) is 25.9 Å². The summed E-state index contributed by atoms with van der Waals surface area (Å²) in [7, 11) is 0. The van der Waals surface area contributed by atoms with Crippen molar-refractivity contribution in [3.63, 3.8) is 0 Å². The first-order valence-electron chi connectivity index (χ1n) is 5.78. The Balaban J connectivity index is 2.03. The molecule has 1 N–H and O–H groups in total. The number of terminal acetylenes is 1. The fourth-order valence-electron chi connectivity index (χ4n) is 1.23. The van der Waals surface area contributed by atoms with Crippen LogP contribution in [-0.2, 0) is 16.1 Å². The molecule has 0 saturated heterocycles. The van der Waals surface area contributed by atoms with Crippen LogP contribution >= 0.6 is 0 Å². The molecule has 0 unspecified atom stereocenters. The minimum absolute atomic E-state index is 0.268. The highest BCUT2D eigenvalue weighted by molar-refractivity contribution is 5.67. The molecule has 1 rings (SSSR count). The largest absolute Gasteiger partial charge is 0.445 e. The van der Waals surface area contributed by atoms with E-state index in [2.05, 4.69) is 11.2 Å². The number of rotatable bonds is 7. The molecular weight excluding hydrogens is 230 g/mol. The first-order valence-corrected chi connectivity index (χ1v) is 5.78. The van der Waals surface area contributed by atoms with Gasteiger partial charge in [0.05, 0.1) is 13.2 Å². The molecular formula is C14H17NO3. The molecule has 4 heteroatoms. The normalized spacial score (nSPS) is 9.50. The lowest BCUT2D eigenvalue weighted by Gasteiger charge is -2.07. The number of nitrogens with one attached hydrogen (secondary N) is 1. The highest BCUT2D eigenvalue weighted by Crippen LogP contribution is 2.00. The van der Waals surface area contributed by atoms with Crippen LogP contribution in [0.5, 0.6) is 0 Å². The Hall–Kier alpha value is -1.99. The number of carbonyl (C=O) groups is 1. The fraction of sp³-hybridized carbons (Fsp3) is 0.357. The zero-order valence-electron chi connectivity index (χ0n) is 10.2. The fourth-order valence-corrected chi connectivity index (χ4v) is 1.23. The van der Waals surface area contributed by atoms with E-state index < -0.39 is 6.09 Å². The molecule has 0 bridgehead atoms. The predicted molar refractivity (Wildman–Crippen MR) is 68.9 cm³/mol. The molecule has 0 aromatic heterocycles. The number of hydrogen-bond acceptors (Lipinski definition) is 3. The average Bonchev–Trinajstić information content (AvgIpc) is 2.41. The van der Waals surface area contributed by atoms with Gasteiger partial charge < -0.3 is 14.8 Å². The second-order valence-electron chi connectivity index (χ2n) is 3.56. The Kier molecular flexibility index (Phi) is 7.10. The Morgan fingerprint density at radius 3 is 2.78 bits per heavy atom. The van der Waals surface area contributed by atoms with Crippen molar-refractivity contribution in [2.45, 2.75) is 13.0 Å². The lowest BCUT2D eigenvalue weighted by molar-refractivity contribution is 0.121. The quantitative estimate of drug-likeness (QED) is 0.592. The second-order valence-corrected chi connectivity index (χ2v) is 3.56. The summed E-state index contributed by atoms with van der Waals surface area (Å²) in [5.41, 5.74) is 0.956. The van der Waals surface area contributed by atoms with E-state index in [0.717, 1.165) is 5.56 Å². The van der Waals surface area contributed by atoms with Crippen LogP contribution in [0.25, 0.3) is 0 Å². The molecule has 0 radical (unpaired) electrons. The molecule has 0 fully saturated rings. The van der Waals surface area contributed by atoms with E-state index >= 15 is 0 Å². The molecule has 0 aliphatic rings. The van der Waals surface area contributed by atoms with E-state index in [1.165, 1.54) is 0 Å². The summed E-state index contributed by atoms with van der Waals surface area (Å²) in [5.74, 6) is 2.47. The molecule has 1 amide bonds. The van der Waals surface area contributed by atoms with Crippen LogP contribution in [0, 0.1) is 12.3 Å². The summed E-state index contributed by atoms with van der Waals surface area (Å²) >= 11 is 0. The molecule has 0 saturated carbocycles. The molecule has 1 aromatic carbocycles. The first-order chi connectivity index (χ1) is 8.83. The van der Waals surface area contributed by atoms with Crippen molar-refractivity contribution in [1.82, 2.24) is 5.32 Å². The third kappa shape index (κ3) is 6.56. The van der Waals surface area contributed by atoms with Gasteiger partial charge in [0, 0.05) is 13.0 Å². The summed E-state index contributed by atoms with van der Waals surface area (Å²) in [6.07, 6.45) is 5.20. The predicted octanol–water partition coefficient (Wildman–Crippen LogP) is 1.95. The molecule has 0 atom stereocenters. The summed E-state index contributed by atoms with van der Waals surface area (Å²) in [6, 6.07) is 9.51. The van der Waals surface area contributed by atoms with Crippen molar-refractivity contribution < 1.29 is 14.3 Å². The number of alkyl carbamates (subject to hydrolysis) is 1. The van der Waals surface area contributed by atoms with E-state index in [1.807, 2.05) is 30.3 Å².